The second-order valence-corrected chi connectivity index (χ2v) is 7.74. The average molecular weight is 396 g/mol. The standard InChI is InChI=1S/C20H17FN4O2S/c1-12-2-6-14(7-3-12)19-16(11-18(26)27)28-20-23-22-17(25(20)24-19)10-13-4-8-15(21)9-5-13/h2-9,16H,10-11H2,1H3,(H,26,27). The van der Waals surface area contributed by atoms with E-state index < -0.39 is 5.97 Å². The molecule has 1 aromatic heterocycles. The van der Waals surface area contributed by atoms with Crippen molar-refractivity contribution in [3.8, 4) is 0 Å². The molecule has 6 nitrogen and oxygen atoms in total. The number of halogens is 1. The van der Waals surface area contributed by atoms with Crippen LogP contribution in [0.3, 0.4) is 0 Å². The minimum Gasteiger partial charge on any atom is -0.481 e. The minimum absolute atomic E-state index is 0.0580. The number of aryl methyl sites for hydroxylation is 1. The van der Waals surface area contributed by atoms with E-state index in [1.807, 2.05) is 31.2 Å². The smallest absolute Gasteiger partial charge is 0.304 e. The lowest BCUT2D eigenvalue weighted by atomic mass is 10.0. The Hall–Kier alpha value is -3.00. The molecule has 4 rings (SSSR count). The summed E-state index contributed by atoms with van der Waals surface area (Å²) in [5, 5.41) is 22.6. The van der Waals surface area contributed by atoms with Crippen LogP contribution in [0.4, 0.5) is 4.39 Å². The zero-order valence-corrected chi connectivity index (χ0v) is 15.9. The Labute approximate surface area is 165 Å². The molecule has 142 valence electrons. The molecule has 0 fully saturated rings. The van der Waals surface area contributed by atoms with Crippen LogP contribution in [0, 0.1) is 12.7 Å². The second-order valence-electron chi connectivity index (χ2n) is 6.57. The van der Waals surface area contributed by atoms with Crippen molar-refractivity contribution in [2.24, 2.45) is 5.10 Å². The van der Waals surface area contributed by atoms with Crippen molar-refractivity contribution in [3.05, 3.63) is 76.9 Å². The Morgan fingerprint density at radius 3 is 2.54 bits per heavy atom. The first-order chi connectivity index (χ1) is 13.5. The highest BCUT2D eigenvalue weighted by Crippen LogP contribution is 2.32. The van der Waals surface area contributed by atoms with E-state index in [0.717, 1.165) is 16.7 Å². The molecule has 0 aliphatic carbocycles. The maximum Gasteiger partial charge on any atom is 0.304 e. The summed E-state index contributed by atoms with van der Waals surface area (Å²) in [4.78, 5) is 11.3. The molecule has 3 aromatic rings. The lowest BCUT2D eigenvalue weighted by molar-refractivity contribution is -0.136. The van der Waals surface area contributed by atoms with Gasteiger partial charge in [0.2, 0.25) is 5.16 Å². The summed E-state index contributed by atoms with van der Waals surface area (Å²) in [7, 11) is 0. The van der Waals surface area contributed by atoms with E-state index in [1.54, 1.807) is 16.8 Å². The zero-order valence-electron chi connectivity index (χ0n) is 15.0. The van der Waals surface area contributed by atoms with Crippen LogP contribution in [0.2, 0.25) is 0 Å². The van der Waals surface area contributed by atoms with Gasteiger partial charge in [0.25, 0.3) is 0 Å². The lowest BCUT2D eigenvalue weighted by Gasteiger charge is -2.22. The van der Waals surface area contributed by atoms with Crippen LogP contribution in [-0.2, 0) is 11.2 Å². The molecule has 1 unspecified atom stereocenters. The molecule has 1 N–H and O–H groups in total. The fraction of sp³-hybridized carbons (Fsp3) is 0.200. The van der Waals surface area contributed by atoms with Gasteiger partial charge in [0.05, 0.1) is 17.4 Å². The van der Waals surface area contributed by atoms with Gasteiger partial charge in [-0.1, -0.05) is 53.7 Å². The summed E-state index contributed by atoms with van der Waals surface area (Å²) < 4.78 is 14.8. The van der Waals surface area contributed by atoms with Crippen molar-refractivity contribution in [3.63, 3.8) is 0 Å². The Morgan fingerprint density at radius 1 is 1.14 bits per heavy atom. The third-order valence-corrected chi connectivity index (χ3v) is 5.56. The molecular weight excluding hydrogens is 379 g/mol. The number of aliphatic carboxylic acids is 1. The van der Waals surface area contributed by atoms with Crippen molar-refractivity contribution in [1.29, 1.82) is 0 Å². The number of hydrogen-bond donors (Lipinski definition) is 1. The molecule has 0 bridgehead atoms. The number of carboxylic acid groups (broad SMARTS) is 1. The summed E-state index contributed by atoms with van der Waals surface area (Å²) in [6.07, 6.45) is 0.389. The van der Waals surface area contributed by atoms with E-state index in [1.165, 1.54) is 23.9 Å². The van der Waals surface area contributed by atoms with E-state index >= 15 is 0 Å². The van der Waals surface area contributed by atoms with Gasteiger partial charge >= 0.3 is 5.97 Å². The van der Waals surface area contributed by atoms with Crippen LogP contribution < -0.4 is 0 Å². The molecule has 0 amide bonds. The number of hydrogen-bond acceptors (Lipinski definition) is 5. The van der Waals surface area contributed by atoms with Crippen molar-refractivity contribution in [1.82, 2.24) is 14.9 Å². The van der Waals surface area contributed by atoms with Crippen molar-refractivity contribution >= 4 is 23.4 Å². The number of carboxylic acids is 1. The van der Waals surface area contributed by atoms with Gasteiger partial charge in [0, 0.05) is 6.42 Å². The fourth-order valence-electron chi connectivity index (χ4n) is 2.98. The average Bonchev–Trinajstić information content (AvgIpc) is 3.05. The molecule has 0 radical (unpaired) electrons. The van der Waals surface area contributed by atoms with E-state index in [-0.39, 0.29) is 17.5 Å². The summed E-state index contributed by atoms with van der Waals surface area (Å²) in [6.45, 7) is 1.99. The Bertz CT molecular complexity index is 1050. The maximum atomic E-state index is 13.1. The number of fused-ring (bicyclic) bond motifs is 1. The number of rotatable bonds is 5. The Balaban J connectivity index is 1.72. The zero-order chi connectivity index (χ0) is 19.7. The summed E-state index contributed by atoms with van der Waals surface area (Å²) in [6, 6.07) is 14.0. The summed E-state index contributed by atoms with van der Waals surface area (Å²) in [5.41, 5.74) is 3.56. The first kappa shape index (κ1) is 18.4. The molecule has 2 aromatic carbocycles. The normalized spacial score (nSPS) is 15.8. The van der Waals surface area contributed by atoms with Crippen LogP contribution in [-0.4, -0.2) is 36.9 Å². The predicted molar refractivity (Wildman–Crippen MR) is 104 cm³/mol. The monoisotopic (exact) mass is 396 g/mol. The third-order valence-electron chi connectivity index (χ3n) is 4.42. The van der Waals surface area contributed by atoms with Crippen LogP contribution in [0.5, 0.6) is 0 Å². The molecule has 0 saturated carbocycles. The summed E-state index contributed by atoms with van der Waals surface area (Å²) in [5.74, 6) is -0.567. The quantitative estimate of drug-likeness (QED) is 0.714. The van der Waals surface area contributed by atoms with Gasteiger partial charge in [-0.25, -0.2) is 4.39 Å². The number of benzene rings is 2. The minimum atomic E-state index is -0.892. The van der Waals surface area contributed by atoms with Gasteiger partial charge in [0.15, 0.2) is 5.82 Å². The van der Waals surface area contributed by atoms with E-state index in [9.17, 15) is 14.3 Å². The summed E-state index contributed by atoms with van der Waals surface area (Å²) >= 11 is 1.34. The molecule has 1 atom stereocenters. The highest BCUT2D eigenvalue weighted by atomic mass is 32.2. The Morgan fingerprint density at radius 2 is 1.86 bits per heavy atom. The first-order valence-corrected chi connectivity index (χ1v) is 9.60. The van der Waals surface area contributed by atoms with Crippen LogP contribution >= 0.6 is 11.8 Å². The molecular formula is C20H17FN4O2S. The molecule has 0 saturated heterocycles. The van der Waals surface area contributed by atoms with Gasteiger partial charge in [-0.2, -0.15) is 9.78 Å². The number of nitrogens with zero attached hydrogens (tertiary/aromatic N) is 4. The predicted octanol–water partition coefficient (Wildman–Crippen LogP) is 3.52. The molecule has 8 heteroatoms. The third kappa shape index (κ3) is 3.82. The van der Waals surface area contributed by atoms with Gasteiger partial charge in [-0.15, -0.1) is 10.2 Å². The first-order valence-electron chi connectivity index (χ1n) is 8.72. The number of aromatic nitrogens is 3. The topological polar surface area (TPSA) is 80.4 Å². The van der Waals surface area contributed by atoms with E-state index in [4.69, 9.17) is 5.10 Å². The number of thioether (sulfide) groups is 1. The molecule has 0 spiro atoms. The second kappa shape index (κ2) is 7.55. The van der Waals surface area contributed by atoms with Crippen LogP contribution in [0.15, 0.2) is 58.8 Å². The number of carbonyl (C=O) groups is 1. The van der Waals surface area contributed by atoms with Gasteiger partial charge in [-0.3, -0.25) is 4.79 Å². The van der Waals surface area contributed by atoms with Crippen LogP contribution in [0.25, 0.3) is 0 Å². The van der Waals surface area contributed by atoms with Crippen molar-refractivity contribution in [2.45, 2.75) is 30.2 Å². The molecule has 1 aliphatic heterocycles. The van der Waals surface area contributed by atoms with E-state index in [2.05, 4.69) is 10.2 Å². The van der Waals surface area contributed by atoms with Crippen LogP contribution in [0.1, 0.15) is 28.9 Å². The molecule has 28 heavy (non-hydrogen) atoms. The molecule has 1 aliphatic rings. The van der Waals surface area contributed by atoms with Gasteiger partial charge < -0.3 is 5.11 Å². The van der Waals surface area contributed by atoms with E-state index in [0.29, 0.717) is 23.1 Å². The highest BCUT2D eigenvalue weighted by molar-refractivity contribution is 8.00. The molecule has 2 heterocycles. The lowest BCUT2D eigenvalue weighted by Crippen LogP contribution is -2.27. The Kier molecular flexibility index (Phi) is 4.95. The van der Waals surface area contributed by atoms with Crippen molar-refractivity contribution < 1.29 is 14.3 Å². The van der Waals surface area contributed by atoms with Gasteiger partial charge in [-0.05, 0) is 30.2 Å². The largest absolute Gasteiger partial charge is 0.481 e. The SMILES string of the molecule is Cc1ccc(C2=Nn3c(Cc4ccc(F)cc4)nnc3SC2CC(=O)O)cc1. The maximum absolute atomic E-state index is 13.1. The highest BCUT2D eigenvalue weighted by Gasteiger charge is 2.30. The fourth-order valence-corrected chi connectivity index (χ4v) is 4.09. The van der Waals surface area contributed by atoms with Crippen molar-refractivity contribution in [2.75, 3.05) is 0 Å². The van der Waals surface area contributed by atoms with Gasteiger partial charge in [0.1, 0.15) is 5.82 Å².